The Morgan fingerprint density at radius 1 is 1.29 bits per heavy atom. The van der Waals surface area contributed by atoms with Crippen molar-refractivity contribution in [3.8, 4) is 5.75 Å². The third kappa shape index (κ3) is 3.96. The molecule has 0 saturated carbocycles. The third-order valence-electron chi connectivity index (χ3n) is 3.51. The van der Waals surface area contributed by atoms with Gasteiger partial charge in [-0.15, -0.1) is 0 Å². The first kappa shape index (κ1) is 16.3. The van der Waals surface area contributed by atoms with Gasteiger partial charge in [0.05, 0.1) is 24.7 Å². The molecule has 5 nitrogen and oxygen atoms in total. The van der Waals surface area contributed by atoms with Gasteiger partial charge in [-0.1, -0.05) is 13.3 Å². The second-order valence-electron chi connectivity index (χ2n) is 5.15. The van der Waals surface area contributed by atoms with E-state index in [1.165, 1.54) is 4.31 Å². The van der Waals surface area contributed by atoms with Crippen LogP contribution in [0.15, 0.2) is 23.1 Å². The van der Waals surface area contributed by atoms with Gasteiger partial charge in [0.25, 0.3) is 0 Å². The zero-order chi connectivity index (χ0) is 15.3. The summed E-state index contributed by atoms with van der Waals surface area (Å²) < 4.78 is 37.4. The Labute approximate surface area is 126 Å². The Morgan fingerprint density at radius 3 is 2.62 bits per heavy atom. The predicted octanol–water partition coefficient (Wildman–Crippen LogP) is 2.19. The van der Waals surface area contributed by atoms with Crippen molar-refractivity contribution in [2.75, 3.05) is 32.9 Å². The van der Waals surface area contributed by atoms with Crippen LogP contribution in [-0.4, -0.2) is 45.6 Å². The molecular weight excluding hydrogens is 290 g/mol. The average Bonchev–Trinajstić information content (AvgIpc) is 2.50. The molecular formula is C15H23NO4S. The third-order valence-corrected chi connectivity index (χ3v) is 5.40. The van der Waals surface area contributed by atoms with Gasteiger partial charge in [0.15, 0.2) is 0 Å². The minimum absolute atomic E-state index is 0.324. The van der Waals surface area contributed by atoms with Crippen molar-refractivity contribution < 1.29 is 17.9 Å². The average molecular weight is 313 g/mol. The van der Waals surface area contributed by atoms with Crippen LogP contribution in [0.25, 0.3) is 0 Å². The van der Waals surface area contributed by atoms with Crippen LogP contribution in [0.4, 0.5) is 0 Å². The molecule has 1 aliphatic rings. The smallest absolute Gasteiger partial charge is 0.243 e. The quantitative estimate of drug-likeness (QED) is 0.756. The molecule has 0 N–H and O–H groups in total. The Hall–Kier alpha value is -1.11. The summed E-state index contributed by atoms with van der Waals surface area (Å²) in [7, 11) is -3.43. The molecule has 1 fully saturated rings. The summed E-state index contributed by atoms with van der Waals surface area (Å²) in [6.07, 6.45) is 2.07. The van der Waals surface area contributed by atoms with Gasteiger partial charge in [-0.3, -0.25) is 0 Å². The lowest BCUT2D eigenvalue weighted by atomic mass is 10.2. The largest absolute Gasteiger partial charge is 0.493 e. The van der Waals surface area contributed by atoms with Gasteiger partial charge in [0.1, 0.15) is 5.75 Å². The molecule has 1 aromatic carbocycles. The number of rotatable bonds is 6. The van der Waals surface area contributed by atoms with Gasteiger partial charge in [-0.2, -0.15) is 4.31 Å². The molecule has 0 aliphatic carbocycles. The van der Waals surface area contributed by atoms with Crippen LogP contribution in [-0.2, 0) is 14.8 Å². The van der Waals surface area contributed by atoms with Gasteiger partial charge < -0.3 is 9.47 Å². The van der Waals surface area contributed by atoms with E-state index in [9.17, 15) is 8.42 Å². The standard InChI is InChI=1S/C15H23NO4S/c1-3-4-9-20-15-6-5-14(12-13(15)2)21(17,18)16-7-10-19-11-8-16/h5-6,12H,3-4,7-11H2,1-2H3. The lowest BCUT2D eigenvalue weighted by Crippen LogP contribution is -2.40. The molecule has 0 spiro atoms. The summed E-state index contributed by atoms with van der Waals surface area (Å²) in [6.45, 7) is 6.37. The molecule has 6 heteroatoms. The summed E-state index contributed by atoms with van der Waals surface area (Å²) in [5.74, 6) is 0.754. The van der Waals surface area contributed by atoms with Crippen LogP contribution in [0.1, 0.15) is 25.3 Å². The molecule has 21 heavy (non-hydrogen) atoms. The Morgan fingerprint density at radius 2 is 2.00 bits per heavy atom. The number of morpholine rings is 1. The first-order chi connectivity index (χ1) is 10.1. The summed E-state index contributed by atoms with van der Waals surface area (Å²) in [5.41, 5.74) is 0.848. The fourth-order valence-electron chi connectivity index (χ4n) is 2.21. The number of nitrogens with zero attached hydrogens (tertiary/aromatic N) is 1. The number of hydrogen-bond acceptors (Lipinski definition) is 4. The fraction of sp³-hybridized carbons (Fsp3) is 0.600. The predicted molar refractivity (Wildman–Crippen MR) is 81.2 cm³/mol. The maximum atomic E-state index is 12.5. The van der Waals surface area contributed by atoms with E-state index in [1.54, 1.807) is 18.2 Å². The van der Waals surface area contributed by atoms with Crippen molar-refractivity contribution in [3.63, 3.8) is 0 Å². The highest BCUT2D eigenvalue weighted by molar-refractivity contribution is 7.89. The zero-order valence-electron chi connectivity index (χ0n) is 12.7. The summed E-state index contributed by atoms with van der Waals surface area (Å²) in [5, 5.41) is 0. The number of hydrogen-bond donors (Lipinski definition) is 0. The van der Waals surface area contributed by atoms with Gasteiger partial charge >= 0.3 is 0 Å². The number of benzene rings is 1. The van der Waals surface area contributed by atoms with E-state index in [0.29, 0.717) is 37.8 Å². The highest BCUT2D eigenvalue weighted by Gasteiger charge is 2.26. The summed E-state index contributed by atoms with van der Waals surface area (Å²) in [6, 6.07) is 5.06. The van der Waals surface area contributed by atoms with Crippen LogP contribution in [0.2, 0.25) is 0 Å². The van der Waals surface area contributed by atoms with Crippen molar-refractivity contribution in [2.45, 2.75) is 31.6 Å². The molecule has 1 aromatic rings. The number of ether oxygens (including phenoxy) is 2. The van der Waals surface area contributed by atoms with Crippen molar-refractivity contribution in [3.05, 3.63) is 23.8 Å². The molecule has 0 aromatic heterocycles. The SMILES string of the molecule is CCCCOc1ccc(S(=O)(=O)N2CCOCC2)cc1C. The van der Waals surface area contributed by atoms with E-state index in [4.69, 9.17) is 9.47 Å². The van der Waals surface area contributed by atoms with Gasteiger partial charge in [-0.25, -0.2) is 8.42 Å². The van der Waals surface area contributed by atoms with Crippen LogP contribution < -0.4 is 4.74 Å². The van der Waals surface area contributed by atoms with E-state index in [-0.39, 0.29) is 0 Å². The van der Waals surface area contributed by atoms with Crippen molar-refractivity contribution in [1.82, 2.24) is 4.31 Å². The first-order valence-electron chi connectivity index (χ1n) is 7.37. The topological polar surface area (TPSA) is 55.8 Å². The van der Waals surface area contributed by atoms with Crippen LogP contribution in [0, 0.1) is 6.92 Å². The first-order valence-corrected chi connectivity index (χ1v) is 8.81. The second-order valence-corrected chi connectivity index (χ2v) is 7.08. The number of sulfonamides is 1. The molecule has 1 aliphatic heterocycles. The van der Waals surface area contributed by atoms with E-state index in [0.717, 1.165) is 24.2 Å². The zero-order valence-corrected chi connectivity index (χ0v) is 13.5. The van der Waals surface area contributed by atoms with Crippen molar-refractivity contribution >= 4 is 10.0 Å². The second kappa shape index (κ2) is 7.24. The Kier molecular flexibility index (Phi) is 5.61. The van der Waals surface area contributed by atoms with E-state index in [1.807, 2.05) is 6.92 Å². The maximum Gasteiger partial charge on any atom is 0.243 e. The van der Waals surface area contributed by atoms with E-state index in [2.05, 4.69) is 6.92 Å². The van der Waals surface area contributed by atoms with E-state index < -0.39 is 10.0 Å². The maximum absolute atomic E-state index is 12.5. The van der Waals surface area contributed by atoms with Gasteiger partial charge in [-0.05, 0) is 37.1 Å². The molecule has 0 amide bonds. The Balaban J connectivity index is 2.14. The summed E-state index contributed by atoms with van der Waals surface area (Å²) in [4.78, 5) is 0.324. The van der Waals surface area contributed by atoms with Crippen LogP contribution in [0.5, 0.6) is 5.75 Å². The van der Waals surface area contributed by atoms with Gasteiger partial charge in [0, 0.05) is 13.1 Å². The minimum Gasteiger partial charge on any atom is -0.493 e. The van der Waals surface area contributed by atoms with Crippen molar-refractivity contribution in [2.24, 2.45) is 0 Å². The molecule has 0 radical (unpaired) electrons. The van der Waals surface area contributed by atoms with E-state index >= 15 is 0 Å². The number of unbranched alkanes of at least 4 members (excludes halogenated alkanes) is 1. The normalized spacial score (nSPS) is 16.9. The molecule has 0 atom stereocenters. The molecule has 1 heterocycles. The lowest BCUT2D eigenvalue weighted by Gasteiger charge is -2.26. The summed E-state index contributed by atoms with van der Waals surface area (Å²) >= 11 is 0. The molecule has 1 saturated heterocycles. The monoisotopic (exact) mass is 313 g/mol. The molecule has 0 bridgehead atoms. The minimum atomic E-state index is -3.43. The number of aryl methyl sites for hydroxylation is 1. The highest BCUT2D eigenvalue weighted by atomic mass is 32.2. The van der Waals surface area contributed by atoms with Crippen molar-refractivity contribution in [1.29, 1.82) is 0 Å². The Bertz CT molecular complexity index is 565. The molecule has 0 unspecified atom stereocenters. The lowest BCUT2D eigenvalue weighted by molar-refractivity contribution is 0.0730. The van der Waals surface area contributed by atoms with Gasteiger partial charge in [0.2, 0.25) is 10.0 Å². The molecule has 118 valence electrons. The highest BCUT2D eigenvalue weighted by Crippen LogP contribution is 2.24. The van der Waals surface area contributed by atoms with Crippen LogP contribution >= 0.6 is 0 Å². The molecule has 2 rings (SSSR count). The fourth-order valence-corrected chi connectivity index (χ4v) is 3.70. The van der Waals surface area contributed by atoms with Crippen LogP contribution in [0.3, 0.4) is 0 Å².